The SMILES string of the molecule is CNC1CC(C)CCC1C(C)(C)Cc1ccc(Br)cc1F. The van der Waals surface area contributed by atoms with E-state index in [-0.39, 0.29) is 11.2 Å². The zero-order valence-electron chi connectivity index (χ0n) is 13.5. The van der Waals surface area contributed by atoms with E-state index in [9.17, 15) is 4.39 Å². The van der Waals surface area contributed by atoms with Gasteiger partial charge in [0.15, 0.2) is 0 Å². The number of halogens is 2. The maximum Gasteiger partial charge on any atom is 0.127 e. The molecule has 0 heterocycles. The summed E-state index contributed by atoms with van der Waals surface area (Å²) in [6, 6.07) is 5.97. The van der Waals surface area contributed by atoms with Crippen molar-refractivity contribution in [2.75, 3.05) is 7.05 Å². The highest BCUT2D eigenvalue weighted by atomic mass is 79.9. The van der Waals surface area contributed by atoms with Gasteiger partial charge in [0.25, 0.3) is 0 Å². The van der Waals surface area contributed by atoms with Crippen LogP contribution in [-0.4, -0.2) is 13.1 Å². The van der Waals surface area contributed by atoms with Crippen molar-refractivity contribution in [2.45, 2.75) is 52.5 Å². The Bertz CT molecular complexity index is 486. The van der Waals surface area contributed by atoms with Crippen LogP contribution in [0.5, 0.6) is 0 Å². The van der Waals surface area contributed by atoms with Crippen LogP contribution >= 0.6 is 15.9 Å². The Hall–Kier alpha value is -0.410. The van der Waals surface area contributed by atoms with Crippen LogP contribution in [0.2, 0.25) is 0 Å². The monoisotopic (exact) mass is 355 g/mol. The first-order valence-electron chi connectivity index (χ1n) is 7.94. The largest absolute Gasteiger partial charge is 0.317 e. The lowest BCUT2D eigenvalue weighted by molar-refractivity contribution is 0.0973. The van der Waals surface area contributed by atoms with Gasteiger partial charge in [0.1, 0.15) is 5.82 Å². The van der Waals surface area contributed by atoms with Crippen LogP contribution in [0.15, 0.2) is 22.7 Å². The van der Waals surface area contributed by atoms with Crippen molar-refractivity contribution in [1.82, 2.24) is 5.32 Å². The third-order valence-electron chi connectivity index (χ3n) is 5.15. The Morgan fingerprint density at radius 1 is 1.33 bits per heavy atom. The van der Waals surface area contributed by atoms with Crippen molar-refractivity contribution in [3.05, 3.63) is 34.1 Å². The fourth-order valence-electron chi connectivity index (χ4n) is 3.92. The minimum absolute atomic E-state index is 0.0948. The summed E-state index contributed by atoms with van der Waals surface area (Å²) in [5.41, 5.74) is 0.930. The van der Waals surface area contributed by atoms with Gasteiger partial charge in [-0.05, 0) is 61.3 Å². The van der Waals surface area contributed by atoms with Crippen molar-refractivity contribution >= 4 is 15.9 Å². The van der Waals surface area contributed by atoms with E-state index in [1.807, 2.05) is 12.1 Å². The fraction of sp³-hybridized carbons (Fsp3) is 0.667. The Kier molecular flexibility index (Phi) is 5.48. The van der Waals surface area contributed by atoms with Crippen LogP contribution in [0.4, 0.5) is 4.39 Å². The molecule has 0 aliphatic heterocycles. The third-order valence-corrected chi connectivity index (χ3v) is 5.64. The van der Waals surface area contributed by atoms with Crippen LogP contribution in [0.25, 0.3) is 0 Å². The van der Waals surface area contributed by atoms with Gasteiger partial charge in [-0.2, -0.15) is 0 Å². The van der Waals surface area contributed by atoms with Crippen LogP contribution in [0.1, 0.15) is 45.6 Å². The summed E-state index contributed by atoms with van der Waals surface area (Å²) in [7, 11) is 2.06. The summed E-state index contributed by atoms with van der Waals surface area (Å²) >= 11 is 3.33. The van der Waals surface area contributed by atoms with Crippen molar-refractivity contribution in [3.8, 4) is 0 Å². The molecule has 1 aromatic rings. The summed E-state index contributed by atoms with van der Waals surface area (Å²) in [6.45, 7) is 6.92. The standard InChI is InChI=1S/C18H27BrFN/c1-12-5-8-15(17(9-12)21-4)18(2,3)11-13-6-7-14(19)10-16(13)20/h6-7,10,12,15,17,21H,5,8-9,11H2,1-4H3. The molecule has 1 saturated carbocycles. The molecule has 3 atom stereocenters. The first-order valence-corrected chi connectivity index (χ1v) is 8.74. The predicted octanol–water partition coefficient (Wildman–Crippen LogP) is 5.18. The molecule has 1 fully saturated rings. The lowest BCUT2D eigenvalue weighted by atomic mass is 9.64. The van der Waals surface area contributed by atoms with Crippen molar-refractivity contribution in [1.29, 1.82) is 0 Å². The number of nitrogens with one attached hydrogen (secondary N) is 1. The second-order valence-corrected chi connectivity index (χ2v) is 8.24. The fourth-order valence-corrected chi connectivity index (χ4v) is 4.26. The highest BCUT2D eigenvalue weighted by molar-refractivity contribution is 9.10. The van der Waals surface area contributed by atoms with Gasteiger partial charge in [-0.15, -0.1) is 0 Å². The molecule has 21 heavy (non-hydrogen) atoms. The second-order valence-electron chi connectivity index (χ2n) is 7.32. The molecule has 0 saturated heterocycles. The van der Waals surface area contributed by atoms with Crippen LogP contribution in [-0.2, 0) is 6.42 Å². The Balaban J connectivity index is 2.16. The maximum absolute atomic E-state index is 14.1. The average molecular weight is 356 g/mol. The molecule has 0 aromatic heterocycles. The molecular formula is C18H27BrFN. The smallest absolute Gasteiger partial charge is 0.127 e. The molecule has 1 N–H and O–H groups in total. The molecule has 2 rings (SSSR count). The van der Waals surface area contributed by atoms with Crippen LogP contribution in [0.3, 0.4) is 0 Å². The van der Waals surface area contributed by atoms with Gasteiger partial charge < -0.3 is 5.32 Å². The van der Waals surface area contributed by atoms with Gasteiger partial charge in [0.2, 0.25) is 0 Å². The van der Waals surface area contributed by atoms with Crippen molar-refractivity contribution in [2.24, 2.45) is 17.3 Å². The molecule has 0 radical (unpaired) electrons. The van der Waals surface area contributed by atoms with Crippen LogP contribution < -0.4 is 5.32 Å². The van der Waals surface area contributed by atoms with Crippen LogP contribution in [0, 0.1) is 23.1 Å². The molecule has 1 aromatic carbocycles. The van der Waals surface area contributed by atoms with Gasteiger partial charge in [0.05, 0.1) is 0 Å². The first-order chi connectivity index (χ1) is 9.83. The zero-order chi connectivity index (χ0) is 15.6. The molecule has 0 spiro atoms. The highest BCUT2D eigenvalue weighted by Gasteiger charge is 2.38. The molecule has 0 amide bonds. The van der Waals surface area contributed by atoms with Gasteiger partial charge in [0, 0.05) is 10.5 Å². The Morgan fingerprint density at radius 3 is 2.67 bits per heavy atom. The molecule has 118 valence electrons. The molecule has 0 bridgehead atoms. The number of benzene rings is 1. The van der Waals surface area contributed by atoms with E-state index in [4.69, 9.17) is 0 Å². The predicted molar refractivity (Wildman–Crippen MR) is 90.9 cm³/mol. The van der Waals surface area contributed by atoms with E-state index in [2.05, 4.69) is 49.1 Å². The van der Waals surface area contributed by atoms with Gasteiger partial charge in [-0.3, -0.25) is 0 Å². The minimum atomic E-state index is -0.0948. The number of hydrogen-bond acceptors (Lipinski definition) is 1. The Labute approximate surface area is 136 Å². The summed E-state index contributed by atoms with van der Waals surface area (Å²) in [5.74, 6) is 1.29. The van der Waals surface area contributed by atoms with Gasteiger partial charge in [-0.25, -0.2) is 4.39 Å². The number of hydrogen-bond donors (Lipinski definition) is 1. The number of rotatable bonds is 4. The third kappa shape index (κ3) is 4.07. The molecule has 1 aliphatic carbocycles. The van der Waals surface area contributed by atoms with E-state index < -0.39 is 0 Å². The summed E-state index contributed by atoms with van der Waals surface area (Å²) in [6.07, 6.45) is 4.55. The quantitative estimate of drug-likeness (QED) is 0.784. The normalized spacial score (nSPS) is 26.9. The lowest BCUT2D eigenvalue weighted by Crippen LogP contribution is -2.46. The summed E-state index contributed by atoms with van der Waals surface area (Å²) < 4.78 is 15.0. The molecule has 3 heteroatoms. The van der Waals surface area contributed by atoms with Gasteiger partial charge in [-0.1, -0.05) is 49.2 Å². The molecular weight excluding hydrogens is 329 g/mol. The average Bonchev–Trinajstić information content (AvgIpc) is 2.41. The van der Waals surface area contributed by atoms with E-state index in [1.54, 1.807) is 6.07 Å². The minimum Gasteiger partial charge on any atom is -0.317 e. The first kappa shape index (κ1) is 17.0. The van der Waals surface area contributed by atoms with Crippen molar-refractivity contribution < 1.29 is 4.39 Å². The molecule has 1 aliphatic rings. The maximum atomic E-state index is 14.1. The summed E-state index contributed by atoms with van der Waals surface area (Å²) in [4.78, 5) is 0. The summed E-state index contributed by atoms with van der Waals surface area (Å²) in [5, 5.41) is 3.50. The topological polar surface area (TPSA) is 12.0 Å². The second kappa shape index (κ2) is 6.78. The van der Waals surface area contributed by atoms with E-state index in [1.165, 1.54) is 19.3 Å². The lowest BCUT2D eigenvalue weighted by Gasteiger charge is -2.44. The van der Waals surface area contributed by atoms with E-state index >= 15 is 0 Å². The van der Waals surface area contributed by atoms with E-state index in [0.717, 1.165) is 22.4 Å². The molecule has 1 nitrogen and oxygen atoms in total. The highest BCUT2D eigenvalue weighted by Crippen LogP contribution is 2.42. The van der Waals surface area contributed by atoms with Crippen molar-refractivity contribution in [3.63, 3.8) is 0 Å². The molecule has 3 unspecified atom stereocenters. The zero-order valence-corrected chi connectivity index (χ0v) is 15.1. The van der Waals surface area contributed by atoms with E-state index in [0.29, 0.717) is 12.0 Å². The van der Waals surface area contributed by atoms with Gasteiger partial charge >= 0.3 is 0 Å². The Morgan fingerprint density at radius 2 is 2.05 bits per heavy atom.